The van der Waals surface area contributed by atoms with E-state index in [1.165, 1.54) is 0 Å². The van der Waals surface area contributed by atoms with E-state index >= 15 is 0 Å². The summed E-state index contributed by atoms with van der Waals surface area (Å²) in [5.74, 6) is 0.516. The Morgan fingerprint density at radius 1 is 1.12 bits per heavy atom. The van der Waals surface area contributed by atoms with Crippen molar-refractivity contribution in [2.45, 2.75) is 51.6 Å². The highest BCUT2D eigenvalue weighted by molar-refractivity contribution is 6.45. The van der Waals surface area contributed by atoms with Crippen molar-refractivity contribution in [1.82, 2.24) is 0 Å². The number of allylic oxidation sites excluding steroid dienone is 1. The second-order valence-corrected chi connectivity index (χ2v) is 6.07. The van der Waals surface area contributed by atoms with Gasteiger partial charge < -0.3 is 4.74 Å². The number of fused-ring (bicyclic) bond motifs is 2. The molecule has 2 atom stereocenters. The van der Waals surface area contributed by atoms with Gasteiger partial charge in [-0.3, -0.25) is 9.59 Å². The van der Waals surface area contributed by atoms with E-state index < -0.39 is 0 Å². The molecule has 0 aromatic heterocycles. The molecule has 17 heavy (non-hydrogen) atoms. The molecule has 1 aliphatic heterocycles. The summed E-state index contributed by atoms with van der Waals surface area (Å²) in [5, 5.41) is 0. The Labute approximate surface area is 101 Å². The minimum Gasteiger partial charge on any atom is -0.491 e. The summed E-state index contributed by atoms with van der Waals surface area (Å²) >= 11 is 0. The smallest absolute Gasteiger partial charge is 0.228 e. The molecule has 0 saturated heterocycles. The van der Waals surface area contributed by atoms with Crippen LogP contribution in [0, 0.1) is 11.8 Å². The lowest BCUT2D eigenvalue weighted by Gasteiger charge is -2.34. The van der Waals surface area contributed by atoms with Crippen LogP contribution in [-0.2, 0) is 14.3 Å². The van der Waals surface area contributed by atoms with Gasteiger partial charge in [0, 0.05) is 23.8 Å². The molecular weight excluding hydrogens is 216 g/mol. The van der Waals surface area contributed by atoms with Gasteiger partial charge in [0.25, 0.3) is 0 Å². The molecule has 0 spiro atoms. The Kier molecular flexibility index (Phi) is 2.22. The molecular formula is C14H18O3. The molecule has 0 aromatic rings. The second kappa shape index (κ2) is 3.44. The molecule has 1 fully saturated rings. The molecule has 0 amide bonds. The lowest BCUT2D eigenvalue weighted by molar-refractivity contribution is -0.139. The minimum atomic E-state index is -0.313. The van der Waals surface area contributed by atoms with Crippen molar-refractivity contribution in [2.24, 2.45) is 11.8 Å². The Morgan fingerprint density at radius 3 is 2.47 bits per heavy atom. The predicted molar refractivity (Wildman–Crippen MR) is 62.3 cm³/mol. The Balaban J connectivity index is 2.02. The van der Waals surface area contributed by atoms with Gasteiger partial charge >= 0.3 is 0 Å². The third-order valence-electron chi connectivity index (χ3n) is 4.22. The van der Waals surface area contributed by atoms with Crippen molar-refractivity contribution in [3.8, 4) is 0 Å². The zero-order valence-corrected chi connectivity index (χ0v) is 10.4. The summed E-state index contributed by atoms with van der Waals surface area (Å²) in [4.78, 5) is 24.1. The molecule has 3 nitrogen and oxygen atoms in total. The molecule has 2 aliphatic carbocycles. The average molecular weight is 234 g/mol. The number of carbonyl (C=O) groups is 2. The molecule has 2 unspecified atom stereocenters. The molecule has 0 bridgehead atoms. The summed E-state index contributed by atoms with van der Waals surface area (Å²) in [7, 11) is 0. The summed E-state index contributed by atoms with van der Waals surface area (Å²) < 4.78 is 5.95. The average Bonchev–Trinajstić information content (AvgIpc) is 2.62. The van der Waals surface area contributed by atoms with Gasteiger partial charge in [-0.25, -0.2) is 0 Å². The Morgan fingerprint density at radius 2 is 1.76 bits per heavy atom. The van der Waals surface area contributed by atoms with Crippen LogP contribution < -0.4 is 0 Å². The fourth-order valence-electron chi connectivity index (χ4n) is 3.48. The molecule has 1 heterocycles. The van der Waals surface area contributed by atoms with Crippen LogP contribution in [0.1, 0.15) is 46.0 Å². The molecule has 92 valence electrons. The van der Waals surface area contributed by atoms with Crippen LogP contribution in [0.15, 0.2) is 11.3 Å². The first-order valence-electron chi connectivity index (χ1n) is 6.50. The molecule has 3 aliphatic rings. The zero-order chi connectivity index (χ0) is 12.2. The van der Waals surface area contributed by atoms with Crippen LogP contribution in [0.3, 0.4) is 0 Å². The van der Waals surface area contributed by atoms with E-state index in [2.05, 4.69) is 0 Å². The number of rotatable bonds is 0. The molecule has 3 heteroatoms. The molecule has 3 rings (SSSR count). The summed E-state index contributed by atoms with van der Waals surface area (Å²) in [6.45, 7) is 3.97. The lowest BCUT2D eigenvalue weighted by Crippen LogP contribution is -2.38. The van der Waals surface area contributed by atoms with Crippen molar-refractivity contribution >= 4 is 11.6 Å². The van der Waals surface area contributed by atoms with E-state index in [1.54, 1.807) is 0 Å². The van der Waals surface area contributed by atoms with Gasteiger partial charge in [-0.05, 0) is 26.7 Å². The summed E-state index contributed by atoms with van der Waals surface area (Å²) in [6, 6.07) is 0. The molecule has 0 N–H and O–H groups in total. The van der Waals surface area contributed by atoms with Crippen molar-refractivity contribution in [3.63, 3.8) is 0 Å². The van der Waals surface area contributed by atoms with E-state index in [0.29, 0.717) is 12.0 Å². The molecule has 1 saturated carbocycles. The van der Waals surface area contributed by atoms with Gasteiger partial charge in [0.15, 0.2) is 0 Å². The van der Waals surface area contributed by atoms with Gasteiger partial charge in [-0.2, -0.15) is 0 Å². The Hall–Kier alpha value is -1.12. The van der Waals surface area contributed by atoms with Gasteiger partial charge in [-0.15, -0.1) is 0 Å². The van der Waals surface area contributed by atoms with Gasteiger partial charge in [0.1, 0.15) is 11.4 Å². The fraction of sp³-hybridized carbons (Fsp3) is 0.714. The van der Waals surface area contributed by atoms with Crippen LogP contribution in [0.25, 0.3) is 0 Å². The first-order valence-corrected chi connectivity index (χ1v) is 6.50. The zero-order valence-electron chi connectivity index (χ0n) is 10.4. The number of Topliss-reactive ketones (excluding diaryl/α,β-unsaturated/α-hetero) is 2. The number of ether oxygens (including phenoxy) is 1. The highest BCUT2D eigenvalue weighted by Crippen LogP contribution is 2.48. The third kappa shape index (κ3) is 1.55. The minimum absolute atomic E-state index is 0.0936. The maximum atomic E-state index is 12.1. The summed E-state index contributed by atoms with van der Waals surface area (Å²) in [5.41, 5.74) is 0.357. The van der Waals surface area contributed by atoms with Crippen LogP contribution in [0.2, 0.25) is 0 Å². The quantitative estimate of drug-likeness (QED) is 0.604. The fourth-order valence-corrected chi connectivity index (χ4v) is 3.48. The Bertz CT molecular complexity index is 431. The third-order valence-corrected chi connectivity index (χ3v) is 4.22. The largest absolute Gasteiger partial charge is 0.491 e. The van der Waals surface area contributed by atoms with E-state index in [-0.39, 0.29) is 29.0 Å². The topological polar surface area (TPSA) is 43.4 Å². The first-order chi connectivity index (χ1) is 7.99. The van der Waals surface area contributed by atoms with Crippen LogP contribution in [0.4, 0.5) is 0 Å². The highest BCUT2D eigenvalue weighted by atomic mass is 16.5. The number of hydrogen-bond donors (Lipinski definition) is 0. The van der Waals surface area contributed by atoms with Crippen molar-refractivity contribution < 1.29 is 14.3 Å². The van der Waals surface area contributed by atoms with Crippen molar-refractivity contribution in [3.05, 3.63) is 11.3 Å². The van der Waals surface area contributed by atoms with E-state index in [9.17, 15) is 9.59 Å². The number of hydrogen-bond acceptors (Lipinski definition) is 3. The van der Waals surface area contributed by atoms with E-state index in [1.807, 2.05) is 13.8 Å². The van der Waals surface area contributed by atoms with E-state index in [0.717, 1.165) is 31.4 Å². The summed E-state index contributed by atoms with van der Waals surface area (Å²) in [6.07, 6.45) is 4.65. The maximum absolute atomic E-state index is 12.1. The first kappa shape index (κ1) is 11.0. The normalized spacial score (nSPS) is 35.4. The monoisotopic (exact) mass is 234 g/mol. The lowest BCUT2D eigenvalue weighted by atomic mass is 9.70. The van der Waals surface area contributed by atoms with Crippen molar-refractivity contribution in [1.29, 1.82) is 0 Å². The highest BCUT2D eigenvalue weighted by Gasteiger charge is 2.50. The van der Waals surface area contributed by atoms with Crippen molar-refractivity contribution in [2.75, 3.05) is 0 Å². The van der Waals surface area contributed by atoms with Crippen LogP contribution in [0.5, 0.6) is 0 Å². The van der Waals surface area contributed by atoms with E-state index in [4.69, 9.17) is 4.74 Å². The van der Waals surface area contributed by atoms with Gasteiger partial charge in [0.05, 0.1) is 0 Å². The predicted octanol–water partition coefficient (Wildman–Crippen LogP) is 2.40. The van der Waals surface area contributed by atoms with Crippen LogP contribution in [-0.4, -0.2) is 17.2 Å². The second-order valence-electron chi connectivity index (χ2n) is 6.07. The van der Waals surface area contributed by atoms with Crippen LogP contribution >= 0.6 is 0 Å². The number of carbonyl (C=O) groups excluding carboxylic acids is 2. The maximum Gasteiger partial charge on any atom is 0.228 e. The van der Waals surface area contributed by atoms with Gasteiger partial charge in [-0.1, -0.05) is 12.8 Å². The standard InChI is InChI=1S/C14H18O3/c1-14(2)7-10-12(16)11(15)8-5-3-4-6-9(8)13(10)17-14/h8-9H,3-7H2,1-2H3. The SMILES string of the molecule is CC1(C)CC2=C(O1)C1CCCCC1C(=O)C2=O. The van der Waals surface area contributed by atoms with Gasteiger partial charge in [0.2, 0.25) is 11.6 Å². The molecule has 0 aromatic carbocycles. The molecule has 0 radical (unpaired) electrons. The number of ketones is 2.